The van der Waals surface area contributed by atoms with Gasteiger partial charge in [0.2, 0.25) is 0 Å². The van der Waals surface area contributed by atoms with Gasteiger partial charge in [-0.1, -0.05) is 13.3 Å². The van der Waals surface area contributed by atoms with Crippen LogP contribution in [0.5, 0.6) is 0 Å². The molecule has 0 aliphatic heterocycles. The summed E-state index contributed by atoms with van der Waals surface area (Å²) in [5.74, 6) is 0. The summed E-state index contributed by atoms with van der Waals surface area (Å²) in [6, 6.07) is 0. The monoisotopic (exact) mass is 196 g/mol. The predicted molar refractivity (Wildman–Crippen MR) is 57.2 cm³/mol. The Morgan fingerprint density at radius 1 is 1.62 bits per heavy atom. The number of hydrogen-bond donors (Lipinski definition) is 1. The van der Waals surface area contributed by atoms with E-state index >= 15 is 0 Å². The molecule has 2 rings (SSSR count). The molecular weight excluding hydrogens is 180 g/mol. The van der Waals surface area contributed by atoms with E-state index in [2.05, 4.69) is 17.2 Å². The van der Waals surface area contributed by atoms with Crippen molar-refractivity contribution < 1.29 is 0 Å². The van der Waals surface area contributed by atoms with Crippen LogP contribution in [-0.2, 0) is 0 Å². The van der Waals surface area contributed by atoms with E-state index in [4.69, 9.17) is 0 Å². The number of nitrogens with one attached hydrogen (secondary N) is 1. The number of nitrogens with zero attached hydrogens (tertiary/aromatic N) is 1. The van der Waals surface area contributed by atoms with E-state index in [1.165, 1.54) is 25.7 Å². The van der Waals surface area contributed by atoms with Gasteiger partial charge in [-0.15, -0.1) is 11.3 Å². The van der Waals surface area contributed by atoms with E-state index in [1.807, 2.05) is 11.6 Å². The summed E-state index contributed by atoms with van der Waals surface area (Å²) in [5, 5.41) is 6.51. The van der Waals surface area contributed by atoms with Crippen LogP contribution in [0.4, 0.5) is 5.13 Å². The second-order valence-electron chi connectivity index (χ2n) is 3.90. The summed E-state index contributed by atoms with van der Waals surface area (Å²) >= 11 is 1.69. The van der Waals surface area contributed by atoms with E-state index in [-0.39, 0.29) is 0 Å². The Balaban J connectivity index is 1.84. The Morgan fingerprint density at radius 2 is 2.46 bits per heavy atom. The van der Waals surface area contributed by atoms with Gasteiger partial charge in [0.15, 0.2) is 5.13 Å². The highest BCUT2D eigenvalue weighted by molar-refractivity contribution is 7.13. The summed E-state index contributed by atoms with van der Waals surface area (Å²) in [6.45, 7) is 3.40. The standard InChI is InChI=1S/C10H16N2S/c1-2-10(4-3-5-10)8-12-9-11-6-7-13-9/h6-7H,2-5,8H2,1H3,(H,11,12). The number of aromatic nitrogens is 1. The van der Waals surface area contributed by atoms with E-state index in [0.717, 1.165) is 11.7 Å². The first-order valence-corrected chi connectivity index (χ1v) is 5.86. The molecule has 1 saturated carbocycles. The van der Waals surface area contributed by atoms with Gasteiger partial charge in [0.05, 0.1) is 0 Å². The van der Waals surface area contributed by atoms with Crippen LogP contribution < -0.4 is 5.32 Å². The first kappa shape index (κ1) is 9.00. The first-order chi connectivity index (χ1) is 6.35. The average molecular weight is 196 g/mol. The third-order valence-corrected chi connectivity index (χ3v) is 3.94. The van der Waals surface area contributed by atoms with E-state index in [0.29, 0.717) is 5.41 Å². The van der Waals surface area contributed by atoms with Crippen molar-refractivity contribution in [3.05, 3.63) is 11.6 Å². The topological polar surface area (TPSA) is 24.9 Å². The van der Waals surface area contributed by atoms with Gasteiger partial charge < -0.3 is 5.32 Å². The molecule has 1 aliphatic carbocycles. The van der Waals surface area contributed by atoms with Crippen molar-refractivity contribution in [2.75, 3.05) is 11.9 Å². The molecule has 1 aliphatic rings. The lowest BCUT2D eigenvalue weighted by molar-refractivity contribution is 0.145. The molecule has 13 heavy (non-hydrogen) atoms. The van der Waals surface area contributed by atoms with Crippen molar-refractivity contribution in [1.82, 2.24) is 4.98 Å². The van der Waals surface area contributed by atoms with Gasteiger partial charge in [0.1, 0.15) is 0 Å². The van der Waals surface area contributed by atoms with Crippen LogP contribution in [-0.4, -0.2) is 11.5 Å². The Morgan fingerprint density at radius 3 is 2.92 bits per heavy atom. The maximum absolute atomic E-state index is 4.22. The van der Waals surface area contributed by atoms with Gasteiger partial charge in [-0.3, -0.25) is 0 Å². The van der Waals surface area contributed by atoms with Crippen molar-refractivity contribution >= 4 is 16.5 Å². The quantitative estimate of drug-likeness (QED) is 0.800. The van der Waals surface area contributed by atoms with Gasteiger partial charge in [-0.05, 0) is 24.7 Å². The molecule has 1 fully saturated rings. The molecule has 0 aromatic carbocycles. The Labute approximate surface area is 83.4 Å². The minimum Gasteiger partial charge on any atom is -0.361 e. The molecule has 0 spiro atoms. The molecule has 1 aromatic rings. The normalized spacial score (nSPS) is 19.5. The molecule has 2 nitrogen and oxygen atoms in total. The SMILES string of the molecule is CCC1(CNc2nccs2)CCC1. The molecule has 0 bridgehead atoms. The molecule has 1 aromatic heterocycles. The van der Waals surface area contributed by atoms with Crippen molar-refractivity contribution in [3.8, 4) is 0 Å². The minimum atomic E-state index is 0.589. The van der Waals surface area contributed by atoms with Crippen LogP contribution >= 0.6 is 11.3 Å². The number of hydrogen-bond acceptors (Lipinski definition) is 3. The zero-order chi connectivity index (χ0) is 9.15. The Hall–Kier alpha value is -0.570. The highest BCUT2D eigenvalue weighted by Crippen LogP contribution is 2.43. The van der Waals surface area contributed by atoms with Gasteiger partial charge >= 0.3 is 0 Å². The molecule has 0 radical (unpaired) electrons. The first-order valence-electron chi connectivity index (χ1n) is 4.98. The van der Waals surface area contributed by atoms with Crippen LogP contribution in [0.1, 0.15) is 32.6 Å². The molecule has 3 heteroatoms. The fourth-order valence-electron chi connectivity index (χ4n) is 1.91. The molecular formula is C10H16N2S. The minimum absolute atomic E-state index is 0.589. The molecule has 0 unspecified atom stereocenters. The van der Waals surface area contributed by atoms with Crippen molar-refractivity contribution in [2.45, 2.75) is 32.6 Å². The fraction of sp³-hybridized carbons (Fsp3) is 0.700. The Kier molecular flexibility index (Phi) is 2.54. The summed E-state index contributed by atoms with van der Waals surface area (Å²) < 4.78 is 0. The highest BCUT2D eigenvalue weighted by Gasteiger charge is 2.34. The van der Waals surface area contributed by atoms with Crippen molar-refractivity contribution in [1.29, 1.82) is 0 Å². The van der Waals surface area contributed by atoms with Crippen molar-refractivity contribution in [3.63, 3.8) is 0 Å². The number of thiazole rings is 1. The van der Waals surface area contributed by atoms with Crippen LogP contribution in [0.15, 0.2) is 11.6 Å². The largest absolute Gasteiger partial charge is 0.361 e. The zero-order valence-corrected chi connectivity index (χ0v) is 8.86. The lowest BCUT2D eigenvalue weighted by Crippen LogP contribution is -2.35. The smallest absolute Gasteiger partial charge is 0.182 e. The highest BCUT2D eigenvalue weighted by atomic mass is 32.1. The molecule has 1 N–H and O–H groups in total. The summed E-state index contributed by atoms with van der Waals surface area (Å²) in [7, 11) is 0. The van der Waals surface area contributed by atoms with Crippen LogP contribution in [0.2, 0.25) is 0 Å². The second-order valence-corrected chi connectivity index (χ2v) is 4.79. The maximum atomic E-state index is 4.22. The molecule has 0 saturated heterocycles. The fourth-order valence-corrected chi connectivity index (χ4v) is 2.43. The van der Waals surface area contributed by atoms with Crippen LogP contribution in [0.25, 0.3) is 0 Å². The van der Waals surface area contributed by atoms with E-state index < -0.39 is 0 Å². The van der Waals surface area contributed by atoms with Gasteiger partial charge in [-0.2, -0.15) is 0 Å². The summed E-state index contributed by atoms with van der Waals surface area (Å²) in [4.78, 5) is 4.22. The average Bonchev–Trinajstić information content (AvgIpc) is 2.56. The van der Waals surface area contributed by atoms with E-state index in [1.54, 1.807) is 11.3 Å². The maximum Gasteiger partial charge on any atom is 0.182 e. The van der Waals surface area contributed by atoms with Crippen LogP contribution in [0.3, 0.4) is 0 Å². The van der Waals surface area contributed by atoms with Crippen LogP contribution in [0, 0.1) is 5.41 Å². The molecule has 0 atom stereocenters. The third kappa shape index (κ3) is 1.85. The predicted octanol–water partition coefficient (Wildman–Crippen LogP) is 3.14. The molecule has 0 amide bonds. The third-order valence-electron chi connectivity index (χ3n) is 3.21. The number of anilines is 1. The zero-order valence-electron chi connectivity index (χ0n) is 8.05. The molecule has 1 heterocycles. The number of rotatable bonds is 4. The second kappa shape index (κ2) is 3.66. The van der Waals surface area contributed by atoms with Gasteiger partial charge in [-0.25, -0.2) is 4.98 Å². The molecule has 72 valence electrons. The lowest BCUT2D eigenvalue weighted by atomic mass is 9.67. The Bertz CT molecular complexity index is 246. The van der Waals surface area contributed by atoms with Gasteiger partial charge in [0.25, 0.3) is 0 Å². The van der Waals surface area contributed by atoms with E-state index in [9.17, 15) is 0 Å². The van der Waals surface area contributed by atoms with Gasteiger partial charge in [0, 0.05) is 18.1 Å². The lowest BCUT2D eigenvalue weighted by Gasteiger charge is -2.41. The summed E-state index contributed by atoms with van der Waals surface area (Å²) in [5.41, 5.74) is 0.589. The summed E-state index contributed by atoms with van der Waals surface area (Å²) in [6.07, 6.45) is 7.34. The van der Waals surface area contributed by atoms with Crippen molar-refractivity contribution in [2.24, 2.45) is 5.41 Å².